The lowest BCUT2D eigenvalue weighted by Gasteiger charge is -2.63. The molecule has 4 N–H and O–H groups in total. The molecule has 0 radical (unpaired) electrons. The molecule has 1 aromatic rings. The molecule has 0 spiro atoms. The standard InChI is InChI=1S/C32H47N3O11S/c1-18(4-9-29(39)33-12-13-47(44,45)46-27-8-5-20(34(40)41)16-25(27)35(42)43)22-6-7-23-30-24(17-28(38)32(22,23)3)31(2)11-10-21(36)14-19(31)15-26(30)37/h5,8,16,18-19,21-24,26,28,30,36-38H,4,6-7,9-15,17H2,1-3H3,(H,33,39)/t18-,19?,21-,22-,23?,24?,26-,28+,30?,31+,32-/m1/s1. The summed E-state index contributed by atoms with van der Waals surface area (Å²) in [5.41, 5.74) is -1.87. The smallest absolute Gasteiger partial charge is 0.319 e. The maximum absolute atomic E-state index is 12.7. The largest absolute Gasteiger partial charge is 0.393 e. The zero-order valence-electron chi connectivity index (χ0n) is 27.1. The second kappa shape index (κ2) is 13.2. The van der Waals surface area contributed by atoms with Gasteiger partial charge in [-0.2, -0.15) is 8.42 Å². The van der Waals surface area contributed by atoms with Crippen molar-refractivity contribution in [1.29, 1.82) is 0 Å². The van der Waals surface area contributed by atoms with Crippen molar-refractivity contribution in [2.24, 2.45) is 46.3 Å². The van der Waals surface area contributed by atoms with E-state index in [2.05, 4.69) is 26.1 Å². The van der Waals surface area contributed by atoms with E-state index in [-0.39, 0.29) is 65.9 Å². The maximum atomic E-state index is 12.7. The number of nitrogens with zero attached hydrogens (tertiary/aromatic N) is 2. The van der Waals surface area contributed by atoms with Gasteiger partial charge in [0.15, 0.2) is 0 Å². The van der Waals surface area contributed by atoms with Gasteiger partial charge >= 0.3 is 15.8 Å². The maximum Gasteiger partial charge on any atom is 0.319 e. The lowest BCUT2D eigenvalue weighted by atomic mass is 9.43. The molecule has 262 valence electrons. The van der Waals surface area contributed by atoms with Crippen LogP contribution in [0.4, 0.5) is 11.4 Å². The number of fused-ring (bicyclic) bond motifs is 5. The Morgan fingerprint density at radius 2 is 1.79 bits per heavy atom. The molecule has 1 aromatic carbocycles. The third kappa shape index (κ3) is 6.73. The van der Waals surface area contributed by atoms with Crippen LogP contribution in [0.3, 0.4) is 0 Å². The van der Waals surface area contributed by atoms with Gasteiger partial charge in [0, 0.05) is 19.0 Å². The van der Waals surface area contributed by atoms with Gasteiger partial charge < -0.3 is 24.8 Å². The van der Waals surface area contributed by atoms with Crippen LogP contribution in [-0.4, -0.2) is 70.1 Å². The Hall–Kier alpha value is -2.88. The molecular formula is C32H47N3O11S. The van der Waals surface area contributed by atoms with Gasteiger partial charge in [-0.3, -0.25) is 25.0 Å². The number of aliphatic hydroxyl groups excluding tert-OH is 3. The summed E-state index contributed by atoms with van der Waals surface area (Å²) in [4.78, 5) is 33.1. The van der Waals surface area contributed by atoms with Gasteiger partial charge in [0.25, 0.3) is 5.69 Å². The lowest BCUT2D eigenvalue weighted by Crippen LogP contribution is -2.62. The van der Waals surface area contributed by atoms with Gasteiger partial charge in [0.05, 0.1) is 34.2 Å². The number of nitrogens with one attached hydrogen (secondary N) is 1. The third-order valence-corrected chi connectivity index (χ3v) is 13.7. The summed E-state index contributed by atoms with van der Waals surface area (Å²) in [6.45, 7) is 6.23. The molecule has 1 amide bonds. The Morgan fingerprint density at radius 3 is 2.47 bits per heavy atom. The summed E-state index contributed by atoms with van der Waals surface area (Å²) in [6.07, 6.45) is 4.81. The van der Waals surface area contributed by atoms with Crippen LogP contribution in [0.5, 0.6) is 5.75 Å². The average Bonchev–Trinajstić information content (AvgIpc) is 3.35. The summed E-state index contributed by atoms with van der Waals surface area (Å²) in [7, 11) is -4.37. The van der Waals surface area contributed by atoms with Gasteiger partial charge in [0.2, 0.25) is 11.7 Å². The summed E-state index contributed by atoms with van der Waals surface area (Å²) < 4.78 is 29.8. The fourth-order valence-corrected chi connectivity index (χ4v) is 11.0. The van der Waals surface area contributed by atoms with Crippen molar-refractivity contribution in [3.63, 3.8) is 0 Å². The highest BCUT2D eigenvalue weighted by atomic mass is 32.2. The number of amides is 1. The number of rotatable bonds is 11. The van der Waals surface area contributed by atoms with E-state index in [1.165, 1.54) is 0 Å². The van der Waals surface area contributed by atoms with E-state index in [4.69, 9.17) is 4.18 Å². The lowest BCUT2D eigenvalue weighted by molar-refractivity contribution is -0.394. The van der Waals surface area contributed by atoms with Crippen molar-refractivity contribution in [3.8, 4) is 5.75 Å². The summed E-state index contributed by atoms with van der Waals surface area (Å²) in [6, 6.07) is 2.35. The van der Waals surface area contributed by atoms with Crippen LogP contribution in [0.15, 0.2) is 18.2 Å². The zero-order chi connectivity index (χ0) is 34.5. The molecule has 0 saturated heterocycles. The highest BCUT2D eigenvalue weighted by molar-refractivity contribution is 7.87. The molecule has 14 nitrogen and oxygen atoms in total. The summed E-state index contributed by atoms with van der Waals surface area (Å²) >= 11 is 0. The predicted molar refractivity (Wildman–Crippen MR) is 170 cm³/mol. The van der Waals surface area contributed by atoms with Crippen molar-refractivity contribution in [2.75, 3.05) is 12.3 Å². The third-order valence-electron chi connectivity index (χ3n) is 12.6. The van der Waals surface area contributed by atoms with E-state index in [0.29, 0.717) is 31.7 Å². The number of non-ortho nitro benzene ring substituents is 1. The molecule has 4 unspecified atom stereocenters. The molecule has 4 saturated carbocycles. The molecule has 4 aliphatic rings. The van der Waals surface area contributed by atoms with Crippen LogP contribution < -0.4 is 9.50 Å². The van der Waals surface area contributed by atoms with E-state index in [9.17, 15) is 48.8 Å². The average molecular weight is 682 g/mol. The van der Waals surface area contributed by atoms with E-state index in [0.717, 1.165) is 37.8 Å². The molecule has 47 heavy (non-hydrogen) atoms. The number of aliphatic hydroxyl groups is 3. The van der Waals surface area contributed by atoms with Gasteiger partial charge in [0.1, 0.15) is 5.75 Å². The molecule has 15 heteroatoms. The first-order chi connectivity index (χ1) is 22.0. The van der Waals surface area contributed by atoms with Crippen molar-refractivity contribution >= 4 is 27.4 Å². The Labute approximate surface area is 274 Å². The summed E-state index contributed by atoms with van der Waals surface area (Å²) in [5, 5.41) is 58.3. The van der Waals surface area contributed by atoms with Gasteiger partial charge in [-0.15, -0.1) is 0 Å². The molecule has 0 bridgehead atoms. The number of hydrogen-bond acceptors (Lipinski definition) is 11. The molecule has 0 heterocycles. The van der Waals surface area contributed by atoms with Crippen LogP contribution in [0, 0.1) is 66.6 Å². The van der Waals surface area contributed by atoms with Gasteiger partial charge in [-0.05, 0) is 104 Å². The van der Waals surface area contributed by atoms with Crippen molar-refractivity contribution in [2.45, 2.75) is 96.9 Å². The minimum absolute atomic E-state index is 0.0116. The number of carbonyl (C=O) groups is 1. The first-order valence-corrected chi connectivity index (χ1v) is 18.2. The molecule has 11 atom stereocenters. The second-order valence-electron chi connectivity index (χ2n) is 14.9. The minimum Gasteiger partial charge on any atom is -0.393 e. The van der Waals surface area contributed by atoms with Crippen molar-refractivity contribution < 1.29 is 42.6 Å². The highest BCUT2D eigenvalue weighted by Gasteiger charge is 2.65. The second-order valence-corrected chi connectivity index (χ2v) is 16.6. The molecule has 0 aromatic heterocycles. The number of hydrogen-bond donors (Lipinski definition) is 4. The Balaban J connectivity index is 1.15. The Morgan fingerprint density at radius 1 is 1.06 bits per heavy atom. The van der Waals surface area contributed by atoms with Crippen molar-refractivity contribution in [3.05, 3.63) is 38.4 Å². The van der Waals surface area contributed by atoms with Crippen molar-refractivity contribution in [1.82, 2.24) is 5.32 Å². The van der Waals surface area contributed by atoms with E-state index in [1.54, 1.807) is 0 Å². The number of carbonyl (C=O) groups excluding carboxylic acids is 1. The first-order valence-electron chi connectivity index (χ1n) is 16.6. The predicted octanol–water partition coefficient (Wildman–Crippen LogP) is 3.71. The zero-order valence-corrected chi connectivity index (χ0v) is 27.9. The number of benzene rings is 1. The summed E-state index contributed by atoms with van der Waals surface area (Å²) in [5.74, 6) is -0.754. The topological polar surface area (TPSA) is 219 Å². The van der Waals surface area contributed by atoms with Crippen LogP contribution >= 0.6 is 0 Å². The van der Waals surface area contributed by atoms with Crippen LogP contribution in [-0.2, 0) is 14.9 Å². The van der Waals surface area contributed by atoms with Crippen LogP contribution in [0.1, 0.15) is 78.6 Å². The fourth-order valence-electron chi connectivity index (χ4n) is 10.1. The van der Waals surface area contributed by atoms with E-state index in [1.807, 2.05) is 0 Å². The molecule has 5 rings (SSSR count). The van der Waals surface area contributed by atoms with Gasteiger partial charge in [-0.1, -0.05) is 20.8 Å². The minimum atomic E-state index is -4.37. The Kier molecular flexibility index (Phi) is 9.95. The highest BCUT2D eigenvalue weighted by Crippen LogP contribution is 2.68. The SMILES string of the molecule is C[C@H](CCC(=O)NCCS(=O)(=O)Oc1ccc([N+](=O)[O-])cc1[N+](=O)[O-])[C@H]1CCC2C3C(C[C@H](O)[C@@]21C)[C@@]1(C)CC[C@@H](O)CC1C[C@H]3O. The van der Waals surface area contributed by atoms with Crippen LogP contribution in [0.25, 0.3) is 0 Å². The normalized spacial score (nSPS) is 37.1. The van der Waals surface area contributed by atoms with Crippen LogP contribution in [0.2, 0.25) is 0 Å². The Bertz CT molecular complexity index is 1490. The number of nitro groups is 2. The first kappa shape index (κ1) is 35.4. The molecule has 0 aliphatic heterocycles. The molecular weight excluding hydrogens is 634 g/mol. The fraction of sp³-hybridized carbons (Fsp3) is 0.781. The molecule has 4 aliphatic carbocycles. The monoisotopic (exact) mass is 681 g/mol. The van der Waals surface area contributed by atoms with Gasteiger partial charge in [-0.25, -0.2) is 0 Å². The van der Waals surface area contributed by atoms with E-state index < -0.39 is 60.5 Å². The molecule has 4 fully saturated rings. The number of nitro benzene ring substituents is 2. The quantitative estimate of drug-likeness (QED) is 0.150. The van der Waals surface area contributed by atoms with E-state index >= 15 is 0 Å².